The van der Waals surface area contributed by atoms with Crippen molar-refractivity contribution < 1.29 is 9.53 Å². The zero-order valence-electron chi connectivity index (χ0n) is 12.5. The van der Waals surface area contributed by atoms with E-state index in [0.717, 1.165) is 5.56 Å². The second kappa shape index (κ2) is 6.88. The zero-order valence-corrected chi connectivity index (χ0v) is 12.5. The lowest BCUT2D eigenvalue weighted by molar-refractivity contribution is -0.124. The van der Waals surface area contributed by atoms with E-state index in [1.165, 1.54) is 0 Å². The Morgan fingerprint density at radius 3 is 2.81 bits per heavy atom. The van der Waals surface area contributed by atoms with Crippen LogP contribution >= 0.6 is 0 Å². The number of amides is 1. The molecule has 0 saturated carbocycles. The van der Waals surface area contributed by atoms with Crippen LogP contribution in [0.25, 0.3) is 0 Å². The van der Waals surface area contributed by atoms with Crippen LogP contribution in [0.2, 0.25) is 0 Å². The van der Waals surface area contributed by atoms with E-state index < -0.39 is 0 Å². The Hall–Kier alpha value is -2.37. The van der Waals surface area contributed by atoms with Gasteiger partial charge in [-0.25, -0.2) is 4.98 Å². The van der Waals surface area contributed by atoms with Crippen LogP contribution in [0.4, 0.5) is 0 Å². The Morgan fingerprint density at radius 1 is 1.33 bits per heavy atom. The van der Waals surface area contributed by atoms with Crippen LogP contribution in [0.5, 0.6) is 5.88 Å². The van der Waals surface area contributed by atoms with Gasteiger partial charge in [-0.3, -0.25) is 9.48 Å². The number of pyridine rings is 1. The van der Waals surface area contributed by atoms with Crippen molar-refractivity contribution in [1.82, 2.24) is 20.1 Å². The summed E-state index contributed by atoms with van der Waals surface area (Å²) in [5.41, 5.74) is 0.854. The summed E-state index contributed by atoms with van der Waals surface area (Å²) in [7, 11) is 0. The lowest BCUT2D eigenvalue weighted by Crippen LogP contribution is -2.31. The standard InChI is InChI=1S/C15H20N4O2/c1-11(2)21-15-13(6-4-7-16-15)10-17-14(20)12(3)19-9-5-8-18-19/h4-9,11-12H,10H2,1-3H3,(H,17,20)/t12-/m1/s1. The SMILES string of the molecule is CC(C)Oc1ncccc1CNC(=O)[C@@H](C)n1cccn1. The van der Waals surface area contributed by atoms with Crippen LogP contribution in [-0.4, -0.2) is 26.8 Å². The minimum atomic E-state index is -0.355. The van der Waals surface area contributed by atoms with Crippen molar-refractivity contribution in [3.8, 4) is 5.88 Å². The molecule has 0 aliphatic carbocycles. The first-order chi connectivity index (χ1) is 10.1. The molecule has 2 rings (SSSR count). The molecule has 112 valence electrons. The van der Waals surface area contributed by atoms with E-state index in [1.807, 2.05) is 26.0 Å². The van der Waals surface area contributed by atoms with Gasteiger partial charge in [-0.05, 0) is 32.9 Å². The first kappa shape index (κ1) is 15.0. The van der Waals surface area contributed by atoms with Crippen LogP contribution in [0, 0.1) is 0 Å². The molecule has 0 bridgehead atoms. The number of nitrogens with one attached hydrogen (secondary N) is 1. The molecule has 0 aliphatic rings. The Labute approximate surface area is 124 Å². The Bertz CT molecular complexity index is 581. The molecule has 21 heavy (non-hydrogen) atoms. The van der Waals surface area contributed by atoms with Crippen molar-refractivity contribution in [2.24, 2.45) is 0 Å². The molecule has 2 heterocycles. The Morgan fingerprint density at radius 2 is 2.14 bits per heavy atom. The second-order valence-electron chi connectivity index (χ2n) is 5.01. The molecule has 0 spiro atoms. The van der Waals surface area contributed by atoms with E-state index in [4.69, 9.17) is 4.74 Å². The molecule has 0 saturated heterocycles. The highest BCUT2D eigenvalue weighted by Crippen LogP contribution is 2.16. The minimum absolute atomic E-state index is 0.0392. The summed E-state index contributed by atoms with van der Waals surface area (Å²) in [4.78, 5) is 16.3. The van der Waals surface area contributed by atoms with Crippen molar-refractivity contribution >= 4 is 5.91 Å². The van der Waals surface area contributed by atoms with Gasteiger partial charge in [-0.1, -0.05) is 6.07 Å². The molecule has 1 amide bonds. The molecule has 2 aromatic rings. The van der Waals surface area contributed by atoms with Gasteiger partial charge in [0.2, 0.25) is 11.8 Å². The maximum absolute atomic E-state index is 12.1. The van der Waals surface area contributed by atoms with Crippen molar-refractivity contribution in [2.75, 3.05) is 0 Å². The summed E-state index contributed by atoms with van der Waals surface area (Å²) >= 11 is 0. The minimum Gasteiger partial charge on any atom is -0.475 e. The lowest BCUT2D eigenvalue weighted by atomic mass is 10.2. The molecule has 0 radical (unpaired) electrons. The first-order valence-electron chi connectivity index (χ1n) is 6.95. The van der Waals surface area contributed by atoms with Gasteiger partial charge in [0.1, 0.15) is 6.04 Å². The first-order valence-corrected chi connectivity index (χ1v) is 6.95. The molecule has 6 heteroatoms. The number of ether oxygens (including phenoxy) is 1. The largest absolute Gasteiger partial charge is 0.475 e. The Kier molecular flexibility index (Phi) is 4.92. The molecule has 1 atom stereocenters. The highest BCUT2D eigenvalue weighted by molar-refractivity contribution is 5.79. The monoisotopic (exact) mass is 288 g/mol. The van der Waals surface area contributed by atoms with Gasteiger partial charge in [0.05, 0.1) is 6.10 Å². The van der Waals surface area contributed by atoms with Crippen LogP contribution in [0.3, 0.4) is 0 Å². The van der Waals surface area contributed by atoms with Gasteiger partial charge < -0.3 is 10.1 Å². The third-order valence-corrected chi connectivity index (χ3v) is 2.95. The molecular weight excluding hydrogens is 268 g/mol. The maximum Gasteiger partial charge on any atom is 0.244 e. The van der Waals surface area contributed by atoms with E-state index in [1.54, 1.807) is 36.3 Å². The molecule has 6 nitrogen and oxygen atoms in total. The average molecular weight is 288 g/mol. The fourth-order valence-corrected chi connectivity index (χ4v) is 1.85. The molecule has 0 fully saturated rings. The van der Waals surface area contributed by atoms with Crippen molar-refractivity contribution in [2.45, 2.75) is 39.5 Å². The van der Waals surface area contributed by atoms with Crippen LogP contribution in [-0.2, 0) is 11.3 Å². The number of carbonyl (C=O) groups is 1. The summed E-state index contributed by atoms with van der Waals surface area (Å²) in [6.45, 7) is 6.06. The quantitative estimate of drug-likeness (QED) is 0.882. The summed E-state index contributed by atoms with van der Waals surface area (Å²) in [5.74, 6) is 0.456. The number of carbonyl (C=O) groups excluding carboxylic acids is 1. The fourth-order valence-electron chi connectivity index (χ4n) is 1.85. The second-order valence-corrected chi connectivity index (χ2v) is 5.01. The van der Waals surface area contributed by atoms with Gasteiger partial charge in [0.25, 0.3) is 0 Å². The van der Waals surface area contributed by atoms with Crippen molar-refractivity contribution in [1.29, 1.82) is 0 Å². The molecule has 0 aliphatic heterocycles. The molecule has 1 N–H and O–H groups in total. The summed E-state index contributed by atoms with van der Waals surface area (Å²) < 4.78 is 7.25. The van der Waals surface area contributed by atoms with E-state index >= 15 is 0 Å². The zero-order chi connectivity index (χ0) is 15.2. The van der Waals surface area contributed by atoms with Crippen LogP contribution in [0.1, 0.15) is 32.4 Å². The highest BCUT2D eigenvalue weighted by Gasteiger charge is 2.15. The van der Waals surface area contributed by atoms with Gasteiger partial charge in [0, 0.05) is 30.7 Å². The van der Waals surface area contributed by atoms with Crippen molar-refractivity contribution in [3.05, 3.63) is 42.4 Å². The van der Waals surface area contributed by atoms with E-state index in [9.17, 15) is 4.79 Å². The number of nitrogens with zero attached hydrogens (tertiary/aromatic N) is 3. The molecule has 0 unspecified atom stereocenters. The average Bonchev–Trinajstić information content (AvgIpc) is 2.98. The van der Waals surface area contributed by atoms with Crippen LogP contribution in [0.15, 0.2) is 36.8 Å². The van der Waals surface area contributed by atoms with E-state index in [0.29, 0.717) is 12.4 Å². The summed E-state index contributed by atoms with van der Waals surface area (Å²) in [5, 5.41) is 6.95. The highest BCUT2D eigenvalue weighted by atomic mass is 16.5. The topological polar surface area (TPSA) is 69.0 Å². The van der Waals surface area contributed by atoms with Gasteiger partial charge in [-0.15, -0.1) is 0 Å². The molecular formula is C15H20N4O2. The normalized spacial score (nSPS) is 12.2. The van der Waals surface area contributed by atoms with E-state index in [-0.39, 0.29) is 18.1 Å². The van der Waals surface area contributed by atoms with Crippen molar-refractivity contribution in [3.63, 3.8) is 0 Å². The molecule has 2 aromatic heterocycles. The number of rotatable bonds is 6. The van der Waals surface area contributed by atoms with Gasteiger partial charge >= 0.3 is 0 Å². The lowest BCUT2D eigenvalue weighted by Gasteiger charge is -2.15. The summed E-state index contributed by atoms with van der Waals surface area (Å²) in [6.07, 6.45) is 5.13. The Balaban J connectivity index is 1.98. The smallest absolute Gasteiger partial charge is 0.244 e. The fraction of sp³-hybridized carbons (Fsp3) is 0.400. The van der Waals surface area contributed by atoms with Gasteiger partial charge in [-0.2, -0.15) is 5.10 Å². The maximum atomic E-state index is 12.1. The predicted octanol–water partition coefficient (Wildman–Crippen LogP) is 1.94. The summed E-state index contributed by atoms with van der Waals surface area (Å²) in [6, 6.07) is 5.15. The van der Waals surface area contributed by atoms with Crippen LogP contribution < -0.4 is 10.1 Å². The third kappa shape index (κ3) is 4.05. The van der Waals surface area contributed by atoms with E-state index in [2.05, 4.69) is 15.4 Å². The van der Waals surface area contributed by atoms with Gasteiger partial charge in [0.15, 0.2) is 0 Å². The number of hydrogen-bond acceptors (Lipinski definition) is 4. The predicted molar refractivity (Wildman–Crippen MR) is 78.8 cm³/mol. The number of aromatic nitrogens is 3. The molecule has 0 aromatic carbocycles. The third-order valence-electron chi connectivity index (χ3n) is 2.95. The number of hydrogen-bond donors (Lipinski definition) is 1.